The lowest BCUT2D eigenvalue weighted by atomic mass is 10.3. The van der Waals surface area contributed by atoms with Crippen LogP contribution in [0.3, 0.4) is 0 Å². The largest absolute Gasteiger partial charge is 0.397 e. The Bertz CT molecular complexity index is 235. The first-order chi connectivity index (χ1) is 4.74. The number of hydrogen-bond donors (Lipinski definition) is 1. The predicted octanol–water partition coefficient (Wildman–Crippen LogP) is 1.99. The third-order valence-electron chi connectivity index (χ3n) is 1.27. The summed E-state index contributed by atoms with van der Waals surface area (Å²) in [5, 5.41) is 0. The van der Waals surface area contributed by atoms with Gasteiger partial charge in [-0.3, -0.25) is 4.98 Å². The van der Waals surface area contributed by atoms with Crippen LogP contribution in [0.4, 0.5) is 5.69 Å². The van der Waals surface area contributed by atoms with Gasteiger partial charge in [0.1, 0.15) is 0 Å². The fourth-order valence-electron chi connectivity index (χ4n) is 0.741. The van der Waals surface area contributed by atoms with Crippen molar-refractivity contribution >= 4 is 21.6 Å². The van der Waals surface area contributed by atoms with Crippen molar-refractivity contribution < 1.29 is 0 Å². The molecular weight excluding hydrogens is 192 g/mol. The Labute approximate surface area is 68.6 Å². The molecule has 0 aliphatic carbocycles. The third kappa shape index (κ3) is 1.48. The molecule has 1 aromatic rings. The lowest BCUT2D eigenvalue weighted by Crippen LogP contribution is -1.91. The highest BCUT2D eigenvalue weighted by atomic mass is 79.9. The summed E-state index contributed by atoms with van der Waals surface area (Å²) in [5.74, 6) is 0. The fourth-order valence-corrected chi connectivity index (χ4v) is 1.39. The molecule has 0 radical (unpaired) electrons. The maximum atomic E-state index is 5.49. The van der Waals surface area contributed by atoms with Crippen molar-refractivity contribution in [2.75, 3.05) is 5.73 Å². The van der Waals surface area contributed by atoms with Crippen LogP contribution in [0.25, 0.3) is 0 Å². The summed E-state index contributed by atoms with van der Waals surface area (Å²) < 4.78 is 0.995. The van der Waals surface area contributed by atoms with E-state index in [-0.39, 0.29) is 0 Å². The average molecular weight is 201 g/mol. The Kier molecular flexibility index (Phi) is 2.27. The number of aryl methyl sites for hydroxylation is 1. The Morgan fingerprint density at radius 2 is 2.40 bits per heavy atom. The number of nitrogens with zero attached hydrogens (tertiary/aromatic N) is 1. The smallest absolute Gasteiger partial charge is 0.0544 e. The summed E-state index contributed by atoms with van der Waals surface area (Å²) >= 11 is 3.36. The molecule has 0 unspecified atom stereocenters. The average Bonchev–Trinajstić information content (AvgIpc) is 1.88. The maximum absolute atomic E-state index is 5.49. The number of hydrogen-bond acceptors (Lipinski definition) is 2. The molecule has 0 aliphatic heterocycles. The van der Waals surface area contributed by atoms with E-state index in [2.05, 4.69) is 27.8 Å². The summed E-state index contributed by atoms with van der Waals surface area (Å²) in [4.78, 5) is 4.12. The van der Waals surface area contributed by atoms with Crippen molar-refractivity contribution in [2.45, 2.75) is 13.3 Å². The SMILES string of the molecule is CCc1ncc(N)cc1Br. The van der Waals surface area contributed by atoms with E-state index >= 15 is 0 Å². The summed E-state index contributed by atoms with van der Waals surface area (Å²) in [7, 11) is 0. The van der Waals surface area contributed by atoms with Crippen molar-refractivity contribution in [1.29, 1.82) is 0 Å². The van der Waals surface area contributed by atoms with Crippen molar-refractivity contribution in [3.63, 3.8) is 0 Å². The second kappa shape index (κ2) is 3.01. The Morgan fingerprint density at radius 1 is 1.70 bits per heavy atom. The van der Waals surface area contributed by atoms with Gasteiger partial charge in [-0.25, -0.2) is 0 Å². The highest BCUT2D eigenvalue weighted by Crippen LogP contribution is 2.16. The van der Waals surface area contributed by atoms with Gasteiger partial charge >= 0.3 is 0 Å². The minimum Gasteiger partial charge on any atom is -0.397 e. The van der Waals surface area contributed by atoms with Crippen LogP contribution >= 0.6 is 15.9 Å². The normalized spacial score (nSPS) is 9.80. The molecule has 0 spiro atoms. The van der Waals surface area contributed by atoms with Crippen molar-refractivity contribution in [1.82, 2.24) is 4.98 Å². The van der Waals surface area contributed by atoms with Crippen LogP contribution in [0.15, 0.2) is 16.7 Å². The monoisotopic (exact) mass is 200 g/mol. The van der Waals surface area contributed by atoms with Gasteiger partial charge in [-0.05, 0) is 28.4 Å². The van der Waals surface area contributed by atoms with Crippen LogP contribution in [-0.2, 0) is 6.42 Å². The fraction of sp³-hybridized carbons (Fsp3) is 0.286. The minimum atomic E-state index is 0.698. The molecule has 1 rings (SSSR count). The van der Waals surface area contributed by atoms with E-state index in [4.69, 9.17) is 5.73 Å². The zero-order valence-corrected chi connectivity index (χ0v) is 7.35. The summed E-state index contributed by atoms with van der Waals surface area (Å²) in [5.41, 5.74) is 7.24. The van der Waals surface area contributed by atoms with Gasteiger partial charge in [-0.15, -0.1) is 0 Å². The van der Waals surface area contributed by atoms with E-state index in [9.17, 15) is 0 Å². The highest BCUT2D eigenvalue weighted by molar-refractivity contribution is 9.10. The van der Waals surface area contributed by atoms with Crippen LogP contribution in [0.1, 0.15) is 12.6 Å². The van der Waals surface area contributed by atoms with Crippen molar-refractivity contribution in [2.24, 2.45) is 0 Å². The molecule has 0 saturated heterocycles. The van der Waals surface area contributed by atoms with Gasteiger partial charge in [0.05, 0.1) is 17.6 Å². The Balaban J connectivity index is 3.07. The first kappa shape index (κ1) is 7.54. The van der Waals surface area contributed by atoms with Crippen molar-refractivity contribution in [3.05, 3.63) is 22.4 Å². The molecule has 0 saturated carbocycles. The second-order valence-corrected chi connectivity index (χ2v) is 2.91. The Morgan fingerprint density at radius 3 is 2.90 bits per heavy atom. The van der Waals surface area contributed by atoms with Crippen LogP contribution in [0.5, 0.6) is 0 Å². The molecule has 10 heavy (non-hydrogen) atoms. The number of aromatic nitrogens is 1. The van der Waals surface area contributed by atoms with Crippen LogP contribution in [0.2, 0.25) is 0 Å². The second-order valence-electron chi connectivity index (χ2n) is 2.05. The quantitative estimate of drug-likeness (QED) is 0.754. The van der Waals surface area contributed by atoms with Gasteiger partial charge < -0.3 is 5.73 Å². The predicted molar refractivity (Wildman–Crippen MR) is 45.7 cm³/mol. The molecule has 54 valence electrons. The van der Waals surface area contributed by atoms with Gasteiger partial charge in [-0.1, -0.05) is 6.92 Å². The molecule has 0 amide bonds. The van der Waals surface area contributed by atoms with E-state index in [0.29, 0.717) is 5.69 Å². The number of halogens is 1. The van der Waals surface area contributed by atoms with Gasteiger partial charge in [0.25, 0.3) is 0 Å². The number of pyridine rings is 1. The Hall–Kier alpha value is -0.570. The summed E-state index contributed by atoms with van der Waals surface area (Å²) in [6, 6.07) is 1.87. The lowest BCUT2D eigenvalue weighted by Gasteiger charge is -1.99. The van der Waals surface area contributed by atoms with Gasteiger partial charge in [0.2, 0.25) is 0 Å². The molecule has 1 aromatic heterocycles. The third-order valence-corrected chi connectivity index (χ3v) is 1.96. The zero-order chi connectivity index (χ0) is 7.56. The molecule has 3 heteroatoms. The first-order valence-electron chi connectivity index (χ1n) is 3.14. The minimum absolute atomic E-state index is 0.698. The number of nitrogens with two attached hydrogens (primary N) is 1. The molecule has 0 atom stereocenters. The van der Waals surface area contributed by atoms with Crippen LogP contribution in [-0.4, -0.2) is 4.98 Å². The summed E-state index contributed by atoms with van der Waals surface area (Å²) in [6.45, 7) is 2.06. The van der Waals surface area contributed by atoms with E-state index < -0.39 is 0 Å². The number of nitrogen functional groups attached to an aromatic ring is 1. The highest BCUT2D eigenvalue weighted by Gasteiger charge is 1.97. The number of anilines is 1. The number of rotatable bonds is 1. The van der Waals surface area contributed by atoms with Gasteiger partial charge in [0, 0.05) is 4.47 Å². The molecular formula is C7H9BrN2. The lowest BCUT2D eigenvalue weighted by molar-refractivity contribution is 1.02. The molecule has 0 bridgehead atoms. The molecule has 0 fully saturated rings. The molecule has 0 aliphatic rings. The zero-order valence-electron chi connectivity index (χ0n) is 5.76. The van der Waals surface area contributed by atoms with Crippen LogP contribution < -0.4 is 5.73 Å². The topological polar surface area (TPSA) is 38.9 Å². The molecule has 1 heterocycles. The standard InChI is InChI=1S/C7H9BrN2/c1-2-7-6(8)3-5(9)4-10-7/h3-4H,2,9H2,1H3. The molecule has 2 nitrogen and oxygen atoms in total. The van der Waals surface area contributed by atoms with E-state index in [1.165, 1.54) is 0 Å². The first-order valence-corrected chi connectivity index (χ1v) is 3.93. The van der Waals surface area contributed by atoms with Gasteiger partial charge in [0.15, 0.2) is 0 Å². The van der Waals surface area contributed by atoms with Crippen molar-refractivity contribution in [3.8, 4) is 0 Å². The van der Waals surface area contributed by atoms with E-state index in [1.54, 1.807) is 6.20 Å². The maximum Gasteiger partial charge on any atom is 0.0544 e. The molecule has 0 aromatic carbocycles. The van der Waals surface area contributed by atoms with E-state index in [0.717, 1.165) is 16.6 Å². The summed E-state index contributed by atoms with van der Waals surface area (Å²) in [6.07, 6.45) is 2.60. The van der Waals surface area contributed by atoms with Crippen LogP contribution in [0, 0.1) is 0 Å². The van der Waals surface area contributed by atoms with Gasteiger partial charge in [-0.2, -0.15) is 0 Å². The molecule has 2 N–H and O–H groups in total. The van der Waals surface area contributed by atoms with E-state index in [1.807, 2.05) is 6.07 Å².